The van der Waals surface area contributed by atoms with Gasteiger partial charge in [0.1, 0.15) is 5.78 Å². The molecule has 1 aliphatic heterocycles. The minimum atomic E-state index is 0.468. The van der Waals surface area contributed by atoms with Crippen LogP contribution >= 0.6 is 11.8 Å². The second-order valence-electron chi connectivity index (χ2n) is 4.11. The highest BCUT2D eigenvalue weighted by Gasteiger charge is 2.29. The Labute approximate surface area is 84.1 Å². The Bertz CT molecular complexity index is 207. The van der Waals surface area contributed by atoms with Crippen molar-refractivity contribution in [3.63, 3.8) is 0 Å². The van der Waals surface area contributed by atoms with Gasteiger partial charge in [0.25, 0.3) is 0 Å². The molecule has 1 saturated heterocycles. The highest BCUT2D eigenvalue weighted by molar-refractivity contribution is 7.99. The lowest BCUT2D eigenvalue weighted by Crippen LogP contribution is -2.42. The van der Waals surface area contributed by atoms with Crippen molar-refractivity contribution in [2.24, 2.45) is 0 Å². The highest BCUT2D eigenvalue weighted by atomic mass is 32.2. The largest absolute Gasteiger partial charge is 0.300 e. The summed E-state index contributed by atoms with van der Waals surface area (Å²) in [5.74, 6) is 1.71. The summed E-state index contributed by atoms with van der Waals surface area (Å²) in [5, 5.41) is 0.754. The monoisotopic (exact) mass is 199 g/mol. The third kappa shape index (κ3) is 2.26. The lowest BCUT2D eigenvalue weighted by Gasteiger charge is -2.34. The molecule has 2 rings (SSSR count). The molecule has 74 valence electrons. The van der Waals surface area contributed by atoms with Crippen LogP contribution in [0.4, 0.5) is 0 Å². The Morgan fingerprint density at radius 3 is 3.00 bits per heavy atom. The number of carbonyl (C=O) groups excluding carboxylic acids is 1. The van der Waals surface area contributed by atoms with Crippen LogP contribution in [0, 0.1) is 0 Å². The van der Waals surface area contributed by atoms with Gasteiger partial charge in [0.2, 0.25) is 0 Å². The van der Waals surface area contributed by atoms with Gasteiger partial charge in [-0.25, -0.2) is 0 Å². The second kappa shape index (κ2) is 4.01. The third-order valence-corrected chi connectivity index (χ3v) is 4.14. The first-order chi connectivity index (χ1) is 6.25. The smallest absolute Gasteiger partial charge is 0.134 e. The van der Waals surface area contributed by atoms with E-state index in [9.17, 15) is 4.79 Å². The van der Waals surface area contributed by atoms with Gasteiger partial charge in [-0.3, -0.25) is 9.69 Å². The maximum Gasteiger partial charge on any atom is 0.134 e. The fourth-order valence-corrected chi connectivity index (χ4v) is 3.32. The van der Waals surface area contributed by atoms with Crippen LogP contribution in [0.5, 0.6) is 0 Å². The summed E-state index contributed by atoms with van der Waals surface area (Å²) < 4.78 is 0. The number of ketones is 1. The number of hydrogen-bond donors (Lipinski definition) is 0. The molecule has 0 N–H and O–H groups in total. The van der Waals surface area contributed by atoms with Gasteiger partial charge >= 0.3 is 0 Å². The molecule has 2 atom stereocenters. The molecule has 3 heteroatoms. The van der Waals surface area contributed by atoms with E-state index in [0.29, 0.717) is 11.8 Å². The first-order valence-corrected chi connectivity index (χ1v) is 6.18. The minimum Gasteiger partial charge on any atom is -0.300 e. The summed E-state index contributed by atoms with van der Waals surface area (Å²) in [7, 11) is 0. The predicted octanol–water partition coefficient (Wildman–Crippen LogP) is 1.55. The molecule has 2 unspecified atom stereocenters. The van der Waals surface area contributed by atoms with Crippen molar-refractivity contribution in [2.45, 2.75) is 37.5 Å². The van der Waals surface area contributed by atoms with Crippen molar-refractivity contribution < 1.29 is 4.79 Å². The van der Waals surface area contributed by atoms with Crippen molar-refractivity contribution in [3.05, 3.63) is 0 Å². The van der Waals surface area contributed by atoms with E-state index < -0.39 is 0 Å². The molecule has 0 aromatic heterocycles. The highest BCUT2D eigenvalue weighted by Crippen LogP contribution is 2.26. The first kappa shape index (κ1) is 9.53. The molecule has 0 amide bonds. The molecule has 0 aromatic rings. The molecular weight excluding hydrogens is 182 g/mol. The number of thioether (sulfide) groups is 1. The fourth-order valence-electron chi connectivity index (χ4n) is 2.28. The van der Waals surface area contributed by atoms with E-state index >= 15 is 0 Å². The molecule has 0 spiro atoms. The van der Waals surface area contributed by atoms with Crippen molar-refractivity contribution in [3.8, 4) is 0 Å². The number of Topliss-reactive ketones (excluding diaryl/α,β-unsaturated/α-hetero) is 1. The molecule has 2 aliphatic rings. The fraction of sp³-hybridized carbons (Fsp3) is 0.900. The van der Waals surface area contributed by atoms with Crippen LogP contribution in [0.25, 0.3) is 0 Å². The van der Waals surface area contributed by atoms with E-state index in [1.807, 2.05) is 0 Å². The van der Waals surface area contributed by atoms with Crippen molar-refractivity contribution in [2.75, 3.05) is 18.8 Å². The Kier molecular flexibility index (Phi) is 2.94. The Morgan fingerprint density at radius 2 is 2.38 bits per heavy atom. The predicted molar refractivity (Wildman–Crippen MR) is 56.1 cm³/mol. The molecule has 0 radical (unpaired) electrons. The topological polar surface area (TPSA) is 20.3 Å². The van der Waals surface area contributed by atoms with Crippen LogP contribution in [0.3, 0.4) is 0 Å². The minimum absolute atomic E-state index is 0.468. The molecule has 2 nitrogen and oxygen atoms in total. The summed E-state index contributed by atoms with van der Waals surface area (Å²) in [6.07, 6.45) is 2.75. The van der Waals surface area contributed by atoms with E-state index in [4.69, 9.17) is 0 Å². The normalized spacial score (nSPS) is 36.8. The van der Waals surface area contributed by atoms with Crippen molar-refractivity contribution >= 4 is 17.5 Å². The zero-order valence-electron chi connectivity index (χ0n) is 8.16. The van der Waals surface area contributed by atoms with Gasteiger partial charge < -0.3 is 0 Å². The molecule has 1 saturated carbocycles. The second-order valence-corrected chi connectivity index (χ2v) is 5.66. The summed E-state index contributed by atoms with van der Waals surface area (Å²) in [6, 6.07) is 0.579. The number of carbonyl (C=O) groups is 1. The van der Waals surface area contributed by atoms with Crippen LogP contribution in [-0.2, 0) is 4.79 Å². The van der Waals surface area contributed by atoms with Crippen LogP contribution in [0.1, 0.15) is 26.2 Å². The third-order valence-electron chi connectivity index (χ3n) is 3.01. The van der Waals surface area contributed by atoms with E-state index in [2.05, 4.69) is 23.6 Å². The Morgan fingerprint density at radius 1 is 1.54 bits per heavy atom. The summed E-state index contributed by atoms with van der Waals surface area (Å²) in [5.41, 5.74) is 0. The molecule has 1 aliphatic carbocycles. The van der Waals surface area contributed by atoms with E-state index in [0.717, 1.165) is 24.5 Å². The van der Waals surface area contributed by atoms with Gasteiger partial charge in [-0.2, -0.15) is 11.8 Å². The maximum atomic E-state index is 11.1. The summed E-state index contributed by atoms with van der Waals surface area (Å²) in [6.45, 7) is 4.66. The number of rotatable bonds is 1. The van der Waals surface area contributed by atoms with Gasteiger partial charge in [-0.15, -0.1) is 0 Å². The molecule has 13 heavy (non-hydrogen) atoms. The number of hydrogen-bond acceptors (Lipinski definition) is 3. The van der Waals surface area contributed by atoms with E-state index in [-0.39, 0.29) is 0 Å². The maximum absolute atomic E-state index is 11.1. The lowest BCUT2D eigenvalue weighted by atomic mass is 10.2. The summed E-state index contributed by atoms with van der Waals surface area (Å²) in [4.78, 5) is 13.7. The zero-order valence-corrected chi connectivity index (χ0v) is 8.98. The molecule has 2 fully saturated rings. The molecule has 0 bridgehead atoms. The van der Waals surface area contributed by atoms with Crippen LogP contribution < -0.4 is 0 Å². The van der Waals surface area contributed by atoms with Gasteiger partial charge in [-0.1, -0.05) is 6.92 Å². The lowest BCUT2D eigenvalue weighted by molar-refractivity contribution is -0.117. The average molecular weight is 199 g/mol. The van der Waals surface area contributed by atoms with Gasteiger partial charge in [0.05, 0.1) is 0 Å². The quantitative estimate of drug-likeness (QED) is 0.639. The Hall–Kier alpha value is -0.0200. The SMILES string of the molecule is CC1CN(C2CCC(=O)C2)CCS1. The van der Waals surface area contributed by atoms with Crippen molar-refractivity contribution in [1.29, 1.82) is 0 Å². The van der Waals surface area contributed by atoms with Crippen molar-refractivity contribution in [1.82, 2.24) is 4.90 Å². The van der Waals surface area contributed by atoms with Gasteiger partial charge in [0, 0.05) is 43.0 Å². The first-order valence-electron chi connectivity index (χ1n) is 5.13. The summed E-state index contributed by atoms with van der Waals surface area (Å²) >= 11 is 2.05. The van der Waals surface area contributed by atoms with Crippen LogP contribution in [-0.4, -0.2) is 40.8 Å². The van der Waals surface area contributed by atoms with Gasteiger partial charge in [-0.05, 0) is 6.42 Å². The molecular formula is C10H17NOS. The standard InChI is InChI=1S/C10H17NOS/c1-8-7-11(4-5-13-8)9-2-3-10(12)6-9/h8-9H,2-7H2,1H3. The van der Waals surface area contributed by atoms with Gasteiger partial charge in [0.15, 0.2) is 0 Å². The average Bonchev–Trinajstić information content (AvgIpc) is 2.52. The molecule has 0 aromatic carbocycles. The van der Waals surface area contributed by atoms with Crippen LogP contribution in [0.15, 0.2) is 0 Å². The van der Waals surface area contributed by atoms with E-state index in [1.165, 1.54) is 18.8 Å². The number of nitrogens with zero attached hydrogens (tertiary/aromatic N) is 1. The zero-order chi connectivity index (χ0) is 9.26. The van der Waals surface area contributed by atoms with E-state index in [1.54, 1.807) is 0 Å². The molecule has 1 heterocycles. The Balaban J connectivity index is 1.89. The van der Waals surface area contributed by atoms with Crippen LogP contribution in [0.2, 0.25) is 0 Å².